The number of nitrogens with zero attached hydrogens (tertiary/aromatic N) is 1. The summed E-state index contributed by atoms with van der Waals surface area (Å²) in [5.74, 6) is -0.680. The smallest absolute Gasteiger partial charge is 0.243 e. The first-order valence-corrected chi connectivity index (χ1v) is 6.36. The van der Waals surface area contributed by atoms with Gasteiger partial charge in [0.2, 0.25) is 11.8 Å². The standard InChI is InChI=1S/C13H18ClN3O3.ClH/c1-17(13(19)11(15)8-20-2)7-12(18)16-10-5-3-4-9(14)6-10;/h3-6,11H,7-8,15H2,1-2H3,(H,16,18);1H. The maximum absolute atomic E-state index is 11.8. The van der Waals surface area contributed by atoms with Gasteiger partial charge in [0.25, 0.3) is 0 Å². The molecule has 1 atom stereocenters. The molecule has 1 unspecified atom stereocenters. The van der Waals surface area contributed by atoms with Crippen LogP contribution >= 0.6 is 24.0 Å². The van der Waals surface area contributed by atoms with Gasteiger partial charge in [-0.1, -0.05) is 17.7 Å². The number of anilines is 1. The summed E-state index contributed by atoms with van der Waals surface area (Å²) in [6.07, 6.45) is 0. The molecule has 1 aromatic carbocycles. The number of nitrogens with two attached hydrogens (primary N) is 1. The second-order valence-electron chi connectivity index (χ2n) is 4.31. The molecule has 0 saturated heterocycles. The Kier molecular flexibility index (Phi) is 8.96. The van der Waals surface area contributed by atoms with Crippen molar-refractivity contribution in [2.45, 2.75) is 6.04 Å². The van der Waals surface area contributed by atoms with Gasteiger partial charge < -0.3 is 20.7 Å². The largest absolute Gasteiger partial charge is 0.383 e. The van der Waals surface area contributed by atoms with Crippen molar-refractivity contribution in [3.05, 3.63) is 29.3 Å². The molecular weight excluding hydrogens is 317 g/mol. The highest BCUT2D eigenvalue weighted by atomic mass is 35.5. The maximum atomic E-state index is 11.8. The molecule has 6 nitrogen and oxygen atoms in total. The second kappa shape index (κ2) is 9.57. The highest BCUT2D eigenvalue weighted by Crippen LogP contribution is 2.14. The van der Waals surface area contributed by atoms with Gasteiger partial charge in [-0.05, 0) is 18.2 Å². The predicted molar refractivity (Wildman–Crippen MR) is 84.8 cm³/mol. The maximum Gasteiger partial charge on any atom is 0.243 e. The summed E-state index contributed by atoms with van der Waals surface area (Å²) in [7, 11) is 2.97. The molecule has 0 bridgehead atoms. The van der Waals surface area contributed by atoms with Crippen molar-refractivity contribution in [2.75, 3.05) is 32.6 Å². The van der Waals surface area contributed by atoms with Gasteiger partial charge in [-0.2, -0.15) is 0 Å². The molecular formula is C13H19Cl2N3O3. The van der Waals surface area contributed by atoms with Gasteiger partial charge in [0.15, 0.2) is 0 Å². The summed E-state index contributed by atoms with van der Waals surface area (Å²) in [6, 6.07) is 5.99. The molecule has 0 fully saturated rings. The van der Waals surface area contributed by atoms with Gasteiger partial charge in [0, 0.05) is 24.9 Å². The van der Waals surface area contributed by atoms with E-state index in [0.717, 1.165) is 0 Å². The van der Waals surface area contributed by atoms with Crippen molar-refractivity contribution < 1.29 is 14.3 Å². The van der Waals surface area contributed by atoms with E-state index in [4.69, 9.17) is 22.1 Å². The summed E-state index contributed by atoms with van der Waals surface area (Å²) < 4.78 is 4.80. The number of hydrogen-bond donors (Lipinski definition) is 2. The zero-order valence-electron chi connectivity index (χ0n) is 11.8. The van der Waals surface area contributed by atoms with Crippen molar-refractivity contribution in [2.24, 2.45) is 5.73 Å². The number of hydrogen-bond acceptors (Lipinski definition) is 4. The number of likely N-dealkylation sites (N-methyl/N-ethyl adjacent to an activating group) is 1. The van der Waals surface area contributed by atoms with Crippen LogP contribution in [0.15, 0.2) is 24.3 Å². The minimum Gasteiger partial charge on any atom is -0.383 e. The van der Waals surface area contributed by atoms with Gasteiger partial charge >= 0.3 is 0 Å². The molecule has 0 saturated carbocycles. The minimum absolute atomic E-state index is 0. The van der Waals surface area contributed by atoms with Crippen LogP contribution < -0.4 is 11.1 Å². The zero-order chi connectivity index (χ0) is 15.1. The molecule has 3 N–H and O–H groups in total. The minimum atomic E-state index is -0.774. The second-order valence-corrected chi connectivity index (χ2v) is 4.75. The molecule has 0 aliphatic heterocycles. The number of nitrogens with one attached hydrogen (secondary N) is 1. The first-order chi connectivity index (χ1) is 9.43. The lowest BCUT2D eigenvalue weighted by molar-refractivity contribution is -0.135. The van der Waals surface area contributed by atoms with Crippen molar-refractivity contribution in [1.29, 1.82) is 0 Å². The third kappa shape index (κ3) is 6.77. The van der Waals surface area contributed by atoms with Gasteiger partial charge in [-0.25, -0.2) is 0 Å². The Hall–Kier alpha value is -1.34. The summed E-state index contributed by atoms with van der Waals surface area (Å²) >= 11 is 5.81. The molecule has 2 amide bonds. The lowest BCUT2D eigenvalue weighted by Gasteiger charge is -2.20. The van der Waals surface area contributed by atoms with Gasteiger partial charge in [0.05, 0.1) is 13.2 Å². The Bertz CT molecular complexity index is 485. The normalized spacial score (nSPS) is 11.2. The summed E-state index contributed by atoms with van der Waals surface area (Å²) in [6.45, 7) is 0.0157. The van der Waals surface area contributed by atoms with Crippen LogP contribution in [-0.2, 0) is 14.3 Å². The molecule has 0 radical (unpaired) electrons. The number of carbonyl (C=O) groups excluding carboxylic acids is 2. The summed E-state index contributed by atoms with van der Waals surface area (Å²) in [4.78, 5) is 24.8. The Morgan fingerprint density at radius 2 is 2.14 bits per heavy atom. The van der Waals surface area contributed by atoms with Crippen LogP contribution in [0.5, 0.6) is 0 Å². The lowest BCUT2D eigenvalue weighted by Crippen LogP contribution is -2.46. The average Bonchev–Trinajstić information content (AvgIpc) is 2.37. The van der Waals surface area contributed by atoms with Crippen molar-refractivity contribution in [1.82, 2.24) is 4.90 Å². The van der Waals surface area contributed by atoms with Gasteiger partial charge in [-0.3, -0.25) is 9.59 Å². The van der Waals surface area contributed by atoms with Crippen molar-refractivity contribution >= 4 is 41.5 Å². The zero-order valence-corrected chi connectivity index (χ0v) is 13.4. The van der Waals surface area contributed by atoms with Crippen LogP contribution in [0.3, 0.4) is 0 Å². The SMILES string of the molecule is COCC(N)C(=O)N(C)CC(=O)Nc1cccc(Cl)c1.Cl. The predicted octanol–water partition coefficient (Wildman–Crippen LogP) is 1.13. The number of halogens is 2. The first-order valence-electron chi connectivity index (χ1n) is 5.99. The molecule has 8 heteroatoms. The molecule has 1 aromatic rings. The Balaban J connectivity index is 0.00000400. The lowest BCUT2D eigenvalue weighted by atomic mass is 10.3. The first kappa shape index (κ1) is 19.7. The Labute approximate surface area is 135 Å². The third-order valence-electron chi connectivity index (χ3n) is 2.53. The fourth-order valence-corrected chi connectivity index (χ4v) is 1.78. The van der Waals surface area contributed by atoms with E-state index in [-0.39, 0.29) is 37.4 Å². The fraction of sp³-hybridized carbons (Fsp3) is 0.385. The van der Waals surface area contributed by atoms with Crippen molar-refractivity contribution in [3.63, 3.8) is 0 Å². The van der Waals surface area contributed by atoms with Crippen LogP contribution in [0.1, 0.15) is 0 Å². The van der Waals surface area contributed by atoms with Gasteiger partial charge in [0.1, 0.15) is 6.04 Å². The average molecular weight is 336 g/mol. The number of rotatable bonds is 6. The van der Waals surface area contributed by atoms with Crippen LogP contribution in [0.4, 0.5) is 5.69 Å². The van der Waals surface area contributed by atoms with E-state index in [1.165, 1.54) is 19.1 Å². The molecule has 1 rings (SSSR count). The van der Waals surface area contributed by atoms with E-state index >= 15 is 0 Å². The number of ether oxygens (including phenoxy) is 1. The number of benzene rings is 1. The molecule has 0 aliphatic rings. The highest BCUT2D eigenvalue weighted by Gasteiger charge is 2.19. The molecule has 0 aliphatic carbocycles. The third-order valence-corrected chi connectivity index (χ3v) is 2.76. The van der Waals surface area contributed by atoms with Crippen LogP contribution in [-0.4, -0.2) is 50.1 Å². The van der Waals surface area contributed by atoms with E-state index in [2.05, 4.69) is 5.32 Å². The molecule has 0 aromatic heterocycles. The van der Waals surface area contributed by atoms with Gasteiger partial charge in [-0.15, -0.1) is 12.4 Å². The molecule has 0 heterocycles. The number of carbonyl (C=O) groups is 2. The quantitative estimate of drug-likeness (QED) is 0.816. The monoisotopic (exact) mass is 335 g/mol. The molecule has 21 heavy (non-hydrogen) atoms. The topological polar surface area (TPSA) is 84.7 Å². The fourth-order valence-electron chi connectivity index (χ4n) is 1.59. The van der Waals surface area contributed by atoms with E-state index in [9.17, 15) is 9.59 Å². The van der Waals surface area contributed by atoms with E-state index in [1.54, 1.807) is 24.3 Å². The summed E-state index contributed by atoms with van der Waals surface area (Å²) in [5.41, 5.74) is 6.19. The molecule has 0 spiro atoms. The van der Waals surface area contributed by atoms with E-state index in [0.29, 0.717) is 10.7 Å². The summed E-state index contributed by atoms with van der Waals surface area (Å²) in [5, 5.41) is 3.17. The van der Waals surface area contributed by atoms with Crippen LogP contribution in [0.2, 0.25) is 5.02 Å². The van der Waals surface area contributed by atoms with E-state index < -0.39 is 6.04 Å². The molecule has 118 valence electrons. The van der Waals surface area contributed by atoms with Crippen molar-refractivity contribution in [3.8, 4) is 0 Å². The van der Waals surface area contributed by atoms with Crippen LogP contribution in [0, 0.1) is 0 Å². The Morgan fingerprint density at radius 1 is 1.48 bits per heavy atom. The Morgan fingerprint density at radius 3 is 2.71 bits per heavy atom. The van der Waals surface area contributed by atoms with Crippen LogP contribution in [0.25, 0.3) is 0 Å². The highest BCUT2D eigenvalue weighted by molar-refractivity contribution is 6.30. The van der Waals surface area contributed by atoms with E-state index in [1.807, 2.05) is 0 Å². The number of methoxy groups -OCH3 is 1. The number of amides is 2.